The average Bonchev–Trinajstić information content (AvgIpc) is 2.76. The summed E-state index contributed by atoms with van der Waals surface area (Å²) in [6.07, 6.45) is 4.07. The fourth-order valence-corrected chi connectivity index (χ4v) is 5.23. The van der Waals surface area contributed by atoms with Gasteiger partial charge in [-0.25, -0.2) is 8.42 Å². The molecular formula is C18H24ClNO4S. The molecule has 0 N–H and O–H groups in total. The van der Waals surface area contributed by atoms with Gasteiger partial charge < -0.3 is 9.64 Å². The van der Waals surface area contributed by atoms with Gasteiger partial charge in [-0.1, -0.05) is 11.6 Å². The van der Waals surface area contributed by atoms with Crippen LogP contribution < -0.4 is 4.74 Å². The van der Waals surface area contributed by atoms with Gasteiger partial charge in [-0.3, -0.25) is 4.79 Å². The Kier molecular flexibility index (Phi) is 4.79. The number of fused-ring (bicyclic) bond motifs is 2. The molecule has 2 atom stereocenters. The first-order valence-corrected chi connectivity index (χ1v) is 10.9. The zero-order valence-corrected chi connectivity index (χ0v) is 16.3. The van der Waals surface area contributed by atoms with Crippen LogP contribution >= 0.6 is 11.6 Å². The number of ether oxygens (including phenoxy) is 1. The maximum atomic E-state index is 13.1. The lowest BCUT2D eigenvalue weighted by molar-refractivity contribution is -0.150. The predicted molar refractivity (Wildman–Crippen MR) is 97.7 cm³/mol. The molecule has 25 heavy (non-hydrogen) atoms. The van der Waals surface area contributed by atoms with Gasteiger partial charge in [0.25, 0.3) is 5.91 Å². The van der Waals surface area contributed by atoms with Crippen molar-refractivity contribution in [3.05, 3.63) is 29.3 Å². The third-order valence-electron chi connectivity index (χ3n) is 5.23. The maximum Gasteiger partial charge on any atom is 0.266 e. The molecule has 3 rings (SSSR count). The summed E-state index contributed by atoms with van der Waals surface area (Å²) in [4.78, 5) is 15.0. The van der Waals surface area contributed by atoms with Gasteiger partial charge in [0.1, 0.15) is 15.6 Å². The van der Waals surface area contributed by atoms with Gasteiger partial charge in [-0.15, -0.1) is 0 Å². The van der Waals surface area contributed by atoms with Crippen LogP contribution in [0.1, 0.15) is 39.5 Å². The van der Waals surface area contributed by atoms with E-state index in [0.717, 1.165) is 12.8 Å². The summed E-state index contributed by atoms with van der Waals surface area (Å²) in [7, 11) is -3.07. The molecule has 2 heterocycles. The number of hydrogen-bond acceptors (Lipinski definition) is 4. The highest BCUT2D eigenvalue weighted by atomic mass is 35.5. The number of piperidine rings is 1. The predicted octanol–water partition coefficient (Wildman–Crippen LogP) is 3.06. The summed E-state index contributed by atoms with van der Waals surface area (Å²) in [5, 5.41) is 0.270. The monoisotopic (exact) mass is 385 g/mol. The molecule has 2 unspecified atom stereocenters. The van der Waals surface area contributed by atoms with Crippen molar-refractivity contribution in [3.63, 3.8) is 0 Å². The van der Waals surface area contributed by atoms with E-state index < -0.39 is 15.4 Å². The van der Waals surface area contributed by atoms with Gasteiger partial charge in [0.15, 0.2) is 5.60 Å². The molecule has 1 aromatic carbocycles. The highest BCUT2D eigenvalue weighted by Gasteiger charge is 2.49. The molecule has 2 fully saturated rings. The Morgan fingerprint density at radius 3 is 2.16 bits per heavy atom. The lowest BCUT2D eigenvalue weighted by Gasteiger charge is -2.42. The Morgan fingerprint density at radius 1 is 1.16 bits per heavy atom. The highest BCUT2D eigenvalue weighted by molar-refractivity contribution is 7.91. The highest BCUT2D eigenvalue weighted by Crippen LogP contribution is 2.39. The number of carbonyl (C=O) groups excluding carboxylic acids is 1. The van der Waals surface area contributed by atoms with Crippen LogP contribution in [0.25, 0.3) is 0 Å². The molecule has 1 aromatic rings. The van der Waals surface area contributed by atoms with Gasteiger partial charge in [-0.05, 0) is 63.8 Å². The first-order chi connectivity index (χ1) is 11.6. The van der Waals surface area contributed by atoms with Crippen LogP contribution in [-0.2, 0) is 14.6 Å². The van der Waals surface area contributed by atoms with E-state index in [1.54, 1.807) is 38.1 Å². The third-order valence-corrected chi connectivity index (χ3v) is 7.08. The molecule has 7 heteroatoms. The summed E-state index contributed by atoms with van der Waals surface area (Å²) in [6.45, 7) is 3.51. The van der Waals surface area contributed by atoms with E-state index in [-0.39, 0.29) is 23.2 Å². The number of rotatable bonds is 4. The van der Waals surface area contributed by atoms with Crippen molar-refractivity contribution in [3.8, 4) is 5.75 Å². The van der Waals surface area contributed by atoms with Crippen LogP contribution in [0, 0.1) is 0 Å². The van der Waals surface area contributed by atoms with Crippen LogP contribution in [0.5, 0.6) is 5.75 Å². The molecule has 2 aliphatic heterocycles. The van der Waals surface area contributed by atoms with Crippen molar-refractivity contribution < 1.29 is 17.9 Å². The van der Waals surface area contributed by atoms with Gasteiger partial charge >= 0.3 is 0 Å². The summed E-state index contributed by atoms with van der Waals surface area (Å²) < 4.78 is 29.7. The Morgan fingerprint density at radius 2 is 1.68 bits per heavy atom. The van der Waals surface area contributed by atoms with E-state index in [1.165, 1.54) is 6.26 Å². The minimum Gasteiger partial charge on any atom is -0.478 e. The second-order valence-corrected chi connectivity index (χ2v) is 10.3. The van der Waals surface area contributed by atoms with E-state index >= 15 is 0 Å². The molecule has 0 saturated carbocycles. The lowest BCUT2D eigenvalue weighted by Crippen LogP contribution is -2.57. The van der Waals surface area contributed by atoms with Crippen molar-refractivity contribution in [2.45, 2.75) is 62.5 Å². The zero-order valence-electron chi connectivity index (χ0n) is 14.7. The quantitative estimate of drug-likeness (QED) is 0.799. The number of nitrogens with zero attached hydrogens (tertiary/aromatic N) is 1. The van der Waals surface area contributed by atoms with Gasteiger partial charge in [0.05, 0.1) is 5.25 Å². The topological polar surface area (TPSA) is 63.7 Å². The summed E-state index contributed by atoms with van der Waals surface area (Å²) >= 11 is 5.88. The Labute approximate surface area is 154 Å². The molecule has 0 spiro atoms. The number of benzene rings is 1. The lowest BCUT2D eigenvalue weighted by atomic mass is 9.98. The number of carbonyl (C=O) groups is 1. The van der Waals surface area contributed by atoms with Crippen LogP contribution in [0.15, 0.2) is 24.3 Å². The van der Waals surface area contributed by atoms with Crippen LogP contribution in [0.3, 0.4) is 0 Å². The first-order valence-electron chi connectivity index (χ1n) is 8.54. The van der Waals surface area contributed by atoms with Gasteiger partial charge in [0.2, 0.25) is 0 Å². The molecular weight excluding hydrogens is 362 g/mol. The fourth-order valence-electron chi connectivity index (χ4n) is 3.96. The molecule has 2 bridgehead atoms. The Bertz CT molecular complexity index is 746. The van der Waals surface area contributed by atoms with Crippen molar-refractivity contribution in [2.24, 2.45) is 0 Å². The minimum atomic E-state index is -3.07. The Balaban J connectivity index is 1.75. The fraction of sp³-hybridized carbons (Fsp3) is 0.611. The van der Waals surface area contributed by atoms with Crippen molar-refractivity contribution >= 4 is 27.3 Å². The third kappa shape index (κ3) is 3.80. The molecule has 0 aliphatic carbocycles. The number of hydrogen-bond donors (Lipinski definition) is 0. The Hall–Kier alpha value is -1.27. The molecule has 2 saturated heterocycles. The van der Waals surface area contributed by atoms with Gasteiger partial charge in [0, 0.05) is 23.4 Å². The standard InChI is InChI=1S/C18H24ClNO4S/c1-18(2,24-15-8-4-12(19)5-9-15)17(21)20-13-6-7-14(20)11-16(10-13)25(3,22)23/h4-5,8-9,13-14,16H,6-7,10-11H2,1-3H3. The molecule has 138 valence electrons. The van der Waals surface area contributed by atoms with Gasteiger partial charge in [-0.2, -0.15) is 0 Å². The molecule has 0 radical (unpaired) electrons. The molecule has 1 amide bonds. The van der Waals surface area contributed by atoms with Crippen molar-refractivity contribution in [1.82, 2.24) is 4.90 Å². The summed E-state index contributed by atoms with van der Waals surface area (Å²) in [6, 6.07) is 6.89. The molecule has 5 nitrogen and oxygen atoms in total. The summed E-state index contributed by atoms with van der Waals surface area (Å²) in [5.74, 6) is 0.503. The van der Waals surface area contributed by atoms with E-state index in [0.29, 0.717) is 23.6 Å². The SMILES string of the molecule is CC(C)(Oc1ccc(Cl)cc1)C(=O)N1C2CCC1CC(S(C)(=O)=O)C2. The molecule has 0 aromatic heterocycles. The number of amides is 1. The van der Waals surface area contributed by atoms with E-state index in [2.05, 4.69) is 0 Å². The van der Waals surface area contributed by atoms with E-state index in [9.17, 15) is 13.2 Å². The van der Waals surface area contributed by atoms with E-state index in [4.69, 9.17) is 16.3 Å². The van der Waals surface area contributed by atoms with Crippen molar-refractivity contribution in [2.75, 3.05) is 6.26 Å². The van der Waals surface area contributed by atoms with Crippen LogP contribution in [0.4, 0.5) is 0 Å². The smallest absolute Gasteiger partial charge is 0.266 e. The van der Waals surface area contributed by atoms with E-state index in [1.807, 2.05) is 4.90 Å². The second kappa shape index (κ2) is 6.47. The normalized spacial score (nSPS) is 26.6. The minimum absolute atomic E-state index is 0.0148. The first kappa shape index (κ1) is 18.5. The second-order valence-electron chi connectivity index (χ2n) is 7.59. The zero-order chi connectivity index (χ0) is 18.4. The van der Waals surface area contributed by atoms with Crippen LogP contribution in [0.2, 0.25) is 5.02 Å². The number of halogens is 1. The van der Waals surface area contributed by atoms with Crippen molar-refractivity contribution in [1.29, 1.82) is 0 Å². The maximum absolute atomic E-state index is 13.1. The van der Waals surface area contributed by atoms with Crippen LogP contribution in [-0.4, -0.2) is 48.4 Å². The summed E-state index contributed by atoms with van der Waals surface area (Å²) in [5.41, 5.74) is -1.02. The molecule has 2 aliphatic rings. The largest absolute Gasteiger partial charge is 0.478 e. The average molecular weight is 386 g/mol. The number of sulfone groups is 1.